The molecule has 0 radical (unpaired) electrons. The van der Waals surface area contributed by atoms with E-state index < -0.39 is 15.1 Å². The Morgan fingerprint density at radius 3 is 2.66 bits per heavy atom. The molecule has 41 heavy (non-hydrogen) atoms. The molecule has 3 aromatic carbocycles. The highest BCUT2D eigenvalue weighted by Gasteiger charge is 2.25. The van der Waals surface area contributed by atoms with Gasteiger partial charge < -0.3 is 19.0 Å². The number of benzene rings is 3. The van der Waals surface area contributed by atoms with Crippen LogP contribution in [0.1, 0.15) is 44.2 Å². The molecule has 0 bridgehead atoms. The Kier molecular flexibility index (Phi) is 7.01. The van der Waals surface area contributed by atoms with Gasteiger partial charge in [0.2, 0.25) is 0 Å². The monoisotopic (exact) mass is 573 g/mol. The van der Waals surface area contributed by atoms with Gasteiger partial charge in [-0.3, -0.25) is 4.79 Å². The van der Waals surface area contributed by atoms with E-state index in [4.69, 9.17) is 9.47 Å². The van der Waals surface area contributed by atoms with Crippen molar-refractivity contribution in [1.29, 1.82) is 5.26 Å². The van der Waals surface area contributed by atoms with E-state index in [1.165, 1.54) is 18.2 Å². The second-order valence-corrected chi connectivity index (χ2v) is 11.6. The van der Waals surface area contributed by atoms with Crippen molar-refractivity contribution < 1.29 is 21.8 Å². The van der Waals surface area contributed by atoms with Gasteiger partial charge in [0, 0.05) is 35.7 Å². The molecule has 6 rings (SSSR count). The number of halogens is 1. The first-order valence-corrected chi connectivity index (χ1v) is 15.0. The van der Waals surface area contributed by atoms with Crippen molar-refractivity contribution in [3.05, 3.63) is 70.4 Å². The van der Waals surface area contributed by atoms with Crippen LogP contribution < -0.4 is 10.2 Å². The quantitative estimate of drug-likeness (QED) is 0.179. The van der Waals surface area contributed by atoms with Gasteiger partial charge in [-0.1, -0.05) is 31.5 Å². The van der Waals surface area contributed by atoms with Crippen molar-refractivity contribution in [3.8, 4) is 22.9 Å². The van der Waals surface area contributed by atoms with Crippen LogP contribution in [0.4, 0.5) is 3.89 Å². The third kappa shape index (κ3) is 4.85. The Morgan fingerprint density at radius 1 is 1.12 bits per heavy atom. The number of H-pyrrole nitrogens is 1. The lowest BCUT2D eigenvalue weighted by molar-refractivity contribution is 0.0715. The summed E-state index contributed by atoms with van der Waals surface area (Å²) in [5.74, 6) is 0.418. The normalized spacial score (nSPS) is 14.6. The van der Waals surface area contributed by atoms with E-state index in [0.29, 0.717) is 69.7 Å². The molecule has 0 aliphatic carbocycles. The zero-order valence-electron chi connectivity index (χ0n) is 22.4. The maximum Gasteiger partial charge on any atom is 0.332 e. The number of unbranched alkanes of at least 4 members (excludes halogenated alkanes) is 1. The predicted molar refractivity (Wildman–Crippen MR) is 156 cm³/mol. The van der Waals surface area contributed by atoms with Crippen LogP contribution in [-0.2, 0) is 15.0 Å². The van der Waals surface area contributed by atoms with Crippen LogP contribution in [-0.4, -0.2) is 37.8 Å². The van der Waals surface area contributed by atoms with Gasteiger partial charge in [0.05, 0.1) is 39.4 Å². The van der Waals surface area contributed by atoms with Gasteiger partial charge in [-0.2, -0.15) is 13.7 Å². The topological polar surface area (TPSA) is 114 Å². The smallest absolute Gasteiger partial charge is 0.332 e. The molecular formula is C31H28FN3O5S. The summed E-state index contributed by atoms with van der Waals surface area (Å²) in [4.78, 5) is 17.1. The largest absolute Gasteiger partial charge is 0.493 e. The van der Waals surface area contributed by atoms with Crippen LogP contribution in [0.5, 0.6) is 5.75 Å². The minimum absolute atomic E-state index is 0.00936. The number of ether oxygens (including phenoxy) is 2. The number of pyridine rings is 1. The number of aromatic nitrogens is 2. The summed E-state index contributed by atoms with van der Waals surface area (Å²) >= 11 is 0. The maximum absolute atomic E-state index is 14.2. The molecule has 2 aromatic heterocycles. The fraction of sp³-hybridized carbons (Fsp3) is 0.290. The lowest BCUT2D eigenvalue weighted by atomic mass is 9.99. The van der Waals surface area contributed by atoms with E-state index in [1.54, 1.807) is 30.3 Å². The van der Waals surface area contributed by atoms with Crippen LogP contribution in [0.3, 0.4) is 0 Å². The number of nitrogens with one attached hydrogen (secondary N) is 1. The lowest BCUT2D eigenvalue weighted by Gasteiger charge is -2.28. The summed E-state index contributed by atoms with van der Waals surface area (Å²) in [6.45, 7) is 3.58. The van der Waals surface area contributed by atoms with Gasteiger partial charge in [0.25, 0.3) is 0 Å². The molecule has 1 saturated heterocycles. The highest BCUT2D eigenvalue weighted by atomic mass is 32.3. The zero-order chi connectivity index (χ0) is 28.7. The van der Waals surface area contributed by atoms with Gasteiger partial charge in [-0.05, 0) is 61.2 Å². The molecule has 210 valence electrons. The van der Waals surface area contributed by atoms with Crippen molar-refractivity contribution in [2.45, 2.75) is 43.5 Å². The molecule has 0 amide bonds. The Morgan fingerprint density at radius 2 is 1.93 bits per heavy atom. The fourth-order valence-corrected chi connectivity index (χ4v) is 6.19. The van der Waals surface area contributed by atoms with E-state index in [0.717, 1.165) is 31.1 Å². The SMILES string of the molecule is CCCCOc1cc2c(=O)c3c4ccc(C#N)cc4[nH]c3n(C3CCOCC3)c2cc1-c1cccc(S(=O)(=O)F)c1. The van der Waals surface area contributed by atoms with Crippen molar-refractivity contribution in [2.24, 2.45) is 0 Å². The number of hydrogen-bond acceptors (Lipinski definition) is 6. The average Bonchev–Trinajstić information content (AvgIpc) is 3.36. The van der Waals surface area contributed by atoms with Crippen LogP contribution in [0.2, 0.25) is 0 Å². The molecule has 0 spiro atoms. The Balaban J connectivity index is 1.71. The number of aromatic amines is 1. The van der Waals surface area contributed by atoms with Gasteiger partial charge in [0.1, 0.15) is 11.4 Å². The minimum Gasteiger partial charge on any atom is -0.493 e. The lowest BCUT2D eigenvalue weighted by Crippen LogP contribution is -2.22. The van der Waals surface area contributed by atoms with Crippen LogP contribution in [0.25, 0.3) is 44.0 Å². The predicted octanol–water partition coefficient (Wildman–Crippen LogP) is 6.36. The molecular weight excluding hydrogens is 545 g/mol. The van der Waals surface area contributed by atoms with E-state index in [1.807, 2.05) is 13.0 Å². The molecule has 3 heterocycles. The van der Waals surface area contributed by atoms with Gasteiger partial charge >= 0.3 is 10.2 Å². The standard InChI is InChI=1S/C31H28FN3O5S/c1-2-3-11-40-28-17-25-27(16-24(28)20-5-4-6-22(15-20)41(32,37)38)35(21-9-12-39-13-10-21)31-29(30(25)36)23-8-7-19(18-33)14-26(23)34-31/h4-8,14-17,21,34H,2-3,9-13H2,1H3. The fourth-order valence-electron chi connectivity index (χ4n) is 5.68. The number of hydrogen-bond donors (Lipinski definition) is 1. The van der Waals surface area contributed by atoms with Crippen molar-refractivity contribution in [3.63, 3.8) is 0 Å². The second kappa shape index (κ2) is 10.7. The van der Waals surface area contributed by atoms with Gasteiger partial charge in [0.15, 0.2) is 5.43 Å². The number of fused-ring (bicyclic) bond motifs is 4. The van der Waals surface area contributed by atoms with Gasteiger partial charge in [-0.25, -0.2) is 0 Å². The first kappa shape index (κ1) is 27.0. The Bertz CT molecular complexity index is 2020. The summed E-state index contributed by atoms with van der Waals surface area (Å²) in [5, 5.41) is 11.2. The molecule has 0 atom stereocenters. The summed E-state index contributed by atoms with van der Waals surface area (Å²) < 4.78 is 51.3. The zero-order valence-corrected chi connectivity index (χ0v) is 23.3. The van der Waals surface area contributed by atoms with E-state index in [2.05, 4.69) is 15.6 Å². The third-order valence-corrected chi connectivity index (χ3v) is 8.53. The summed E-state index contributed by atoms with van der Waals surface area (Å²) in [7, 11) is -4.93. The third-order valence-electron chi connectivity index (χ3n) is 7.72. The van der Waals surface area contributed by atoms with Crippen LogP contribution >= 0.6 is 0 Å². The molecule has 10 heteroatoms. The van der Waals surface area contributed by atoms with E-state index >= 15 is 0 Å². The van der Waals surface area contributed by atoms with Crippen LogP contribution in [0, 0.1) is 11.3 Å². The molecule has 1 aliphatic heterocycles. The number of rotatable bonds is 7. The molecule has 1 aliphatic rings. The molecule has 5 aromatic rings. The van der Waals surface area contributed by atoms with Gasteiger partial charge in [-0.15, -0.1) is 3.89 Å². The summed E-state index contributed by atoms with van der Waals surface area (Å²) in [6, 6.07) is 16.6. The van der Waals surface area contributed by atoms with E-state index in [9.17, 15) is 22.4 Å². The molecule has 1 N–H and O–H groups in total. The second-order valence-electron chi connectivity index (χ2n) is 10.3. The van der Waals surface area contributed by atoms with Crippen molar-refractivity contribution in [2.75, 3.05) is 19.8 Å². The molecule has 0 saturated carbocycles. The van der Waals surface area contributed by atoms with Crippen LogP contribution in [0.15, 0.2) is 64.3 Å². The Labute approximate surface area is 236 Å². The van der Waals surface area contributed by atoms with E-state index in [-0.39, 0.29) is 11.5 Å². The number of nitrogens with zero attached hydrogens (tertiary/aromatic N) is 2. The molecule has 0 unspecified atom stereocenters. The first-order chi connectivity index (χ1) is 19.8. The minimum atomic E-state index is -4.93. The van der Waals surface area contributed by atoms with Crippen molar-refractivity contribution in [1.82, 2.24) is 9.55 Å². The summed E-state index contributed by atoms with van der Waals surface area (Å²) in [6.07, 6.45) is 3.14. The highest BCUT2D eigenvalue weighted by Crippen LogP contribution is 2.39. The molecule has 1 fully saturated rings. The molecule has 8 nitrogen and oxygen atoms in total. The number of nitriles is 1. The average molecular weight is 574 g/mol. The maximum atomic E-state index is 14.2. The Hall–Kier alpha value is -4.20. The first-order valence-electron chi connectivity index (χ1n) is 13.6. The van der Waals surface area contributed by atoms with Crippen molar-refractivity contribution >= 4 is 43.1 Å². The highest BCUT2D eigenvalue weighted by molar-refractivity contribution is 7.86. The summed E-state index contributed by atoms with van der Waals surface area (Å²) in [5.41, 5.74) is 3.29.